The van der Waals surface area contributed by atoms with Crippen LogP contribution in [0, 0.1) is 0 Å². The van der Waals surface area contributed by atoms with Crippen molar-refractivity contribution >= 4 is 18.4 Å². The molecule has 6 heteroatoms. The Morgan fingerprint density at radius 3 is 2.86 bits per heavy atom. The van der Waals surface area contributed by atoms with Crippen molar-refractivity contribution < 1.29 is 19.1 Å². The molecule has 0 N–H and O–H groups in total. The highest BCUT2D eigenvalue weighted by molar-refractivity contribution is 5.90. The summed E-state index contributed by atoms with van der Waals surface area (Å²) in [4.78, 5) is 27.3. The first-order valence-corrected chi connectivity index (χ1v) is 4.04. The molecule has 0 aromatic heterocycles. The third-order valence-electron chi connectivity index (χ3n) is 2.03. The Hall–Kier alpha value is -1.59. The summed E-state index contributed by atoms with van der Waals surface area (Å²) in [5.41, 5.74) is -1.07. The standard InChI is InChI=1S/C8H12N2O4/c1-8(2,6(11)13-3)10-5-14-4-9-7(10)12/h4H,5H2,1-3H3. The highest BCUT2D eigenvalue weighted by atomic mass is 16.5. The molecular formula is C8H12N2O4. The molecule has 1 heterocycles. The van der Waals surface area contributed by atoms with E-state index in [1.807, 2.05) is 0 Å². The van der Waals surface area contributed by atoms with Crippen molar-refractivity contribution in [2.45, 2.75) is 19.4 Å². The average Bonchev–Trinajstić information content (AvgIpc) is 2.17. The predicted octanol–water partition coefficient (Wildman–Crippen LogP) is 0.376. The highest BCUT2D eigenvalue weighted by Gasteiger charge is 2.40. The zero-order chi connectivity index (χ0) is 10.8. The van der Waals surface area contributed by atoms with E-state index in [9.17, 15) is 9.59 Å². The van der Waals surface area contributed by atoms with E-state index in [4.69, 9.17) is 4.74 Å². The van der Waals surface area contributed by atoms with E-state index >= 15 is 0 Å². The van der Waals surface area contributed by atoms with Gasteiger partial charge in [-0.15, -0.1) is 0 Å². The van der Waals surface area contributed by atoms with Crippen LogP contribution in [0.25, 0.3) is 0 Å². The highest BCUT2D eigenvalue weighted by Crippen LogP contribution is 2.18. The minimum absolute atomic E-state index is 0.00440. The maximum Gasteiger partial charge on any atom is 0.349 e. The van der Waals surface area contributed by atoms with Crippen LogP contribution in [0.4, 0.5) is 4.79 Å². The molecule has 0 aliphatic carbocycles. The Kier molecular flexibility index (Phi) is 2.73. The van der Waals surface area contributed by atoms with Gasteiger partial charge in [-0.3, -0.25) is 4.90 Å². The smallest absolute Gasteiger partial charge is 0.349 e. The molecule has 0 unspecified atom stereocenters. The number of esters is 1. The summed E-state index contributed by atoms with van der Waals surface area (Å²) in [6.45, 7) is 3.15. The molecule has 78 valence electrons. The van der Waals surface area contributed by atoms with Crippen molar-refractivity contribution in [3.8, 4) is 0 Å². The van der Waals surface area contributed by atoms with E-state index in [2.05, 4.69) is 9.73 Å². The van der Waals surface area contributed by atoms with Crippen molar-refractivity contribution in [3.05, 3.63) is 0 Å². The third kappa shape index (κ3) is 1.68. The minimum Gasteiger partial charge on any atom is -0.467 e. The number of rotatable bonds is 2. The van der Waals surface area contributed by atoms with Gasteiger partial charge in [0.15, 0.2) is 13.1 Å². The first-order chi connectivity index (χ1) is 6.50. The second-order valence-electron chi connectivity index (χ2n) is 3.29. The van der Waals surface area contributed by atoms with E-state index in [0.717, 1.165) is 6.40 Å². The summed E-state index contributed by atoms with van der Waals surface area (Å²) in [7, 11) is 1.27. The number of hydrogen-bond acceptors (Lipinski definition) is 4. The molecule has 1 aliphatic rings. The summed E-state index contributed by atoms with van der Waals surface area (Å²) < 4.78 is 9.42. The van der Waals surface area contributed by atoms with Gasteiger partial charge in [0.25, 0.3) is 0 Å². The minimum atomic E-state index is -1.07. The van der Waals surface area contributed by atoms with Gasteiger partial charge in [-0.05, 0) is 13.8 Å². The third-order valence-corrected chi connectivity index (χ3v) is 2.03. The summed E-state index contributed by atoms with van der Waals surface area (Å²) in [5, 5.41) is 0. The number of carbonyl (C=O) groups excluding carboxylic acids is 2. The zero-order valence-electron chi connectivity index (χ0n) is 8.31. The average molecular weight is 200 g/mol. The number of hydrogen-bond donors (Lipinski definition) is 0. The van der Waals surface area contributed by atoms with Crippen molar-refractivity contribution in [2.75, 3.05) is 13.8 Å². The summed E-state index contributed by atoms with van der Waals surface area (Å²) in [6, 6.07) is -0.508. The molecule has 0 bridgehead atoms. The number of carbonyl (C=O) groups is 2. The van der Waals surface area contributed by atoms with Crippen LogP contribution in [-0.4, -0.2) is 42.7 Å². The molecule has 0 aromatic carbocycles. The Balaban J connectivity index is 2.86. The van der Waals surface area contributed by atoms with Crippen LogP contribution in [0.3, 0.4) is 0 Å². The normalized spacial score (nSPS) is 16.5. The molecule has 0 aromatic rings. The van der Waals surface area contributed by atoms with E-state index in [1.54, 1.807) is 13.8 Å². The second-order valence-corrected chi connectivity index (χ2v) is 3.29. The fourth-order valence-electron chi connectivity index (χ4n) is 1.08. The van der Waals surface area contributed by atoms with E-state index in [0.29, 0.717) is 0 Å². The van der Waals surface area contributed by atoms with Gasteiger partial charge >= 0.3 is 12.0 Å². The van der Waals surface area contributed by atoms with E-state index in [-0.39, 0.29) is 6.73 Å². The van der Waals surface area contributed by atoms with Crippen LogP contribution in [0.2, 0.25) is 0 Å². The Labute approximate surface area is 81.5 Å². The van der Waals surface area contributed by atoms with Crippen molar-refractivity contribution in [3.63, 3.8) is 0 Å². The molecule has 0 fully saturated rings. The van der Waals surface area contributed by atoms with E-state index < -0.39 is 17.5 Å². The van der Waals surface area contributed by atoms with Gasteiger partial charge in [-0.25, -0.2) is 9.59 Å². The Morgan fingerprint density at radius 1 is 1.71 bits per heavy atom. The lowest BCUT2D eigenvalue weighted by Gasteiger charge is -2.34. The van der Waals surface area contributed by atoms with Gasteiger partial charge in [-0.2, -0.15) is 4.99 Å². The number of nitrogens with zero attached hydrogens (tertiary/aromatic N) is 2. The van der Waals surface area contributed by atoms with Gasteiger partial charge < -0.3 is 9.47 Å². The summed E-state index contributed by atoms with van der Waals surface area (Å²) >= 11 is 0. The molecule has 1 rings (SSSR count). The van der Waals surface area contributed by atoms with Gasteiger partial charge in [0, 0.05) is 0 Å². The fourth-order valence-corrected chi connectivity index (χ4v) is 1.08. The molecule has 0 atom stereocenters. The molecule has 1 aliphatic heterocycles. The van der Waals surface area contributed by atoms with Crippen molar-refractivity contribution in [2.24, 2.45) is 4.99 Å². The largest absolute Gasteiger partial charge is 0.467 e. The van der Waals surface area contributed by atoms with Gasteiger partial charge in [-0.1, -0.05) is 0 Å². The maximum atomic E-state index is 11.4. The number of methoxy groups -OCH3 is 1. The molecular weight excluding hydrogens is 188 g/mol. The van der Waals surface area contributed by atoms with Crippen molar-refractivity contribution in [1.29, 1.82) is 0 Å². The van der Waals surface area contributed by atoms with Crippen LogP contribution in [0.15, 0.2) is 4.99 Å². The molecule has 2 amide bonds. The molecule has 14 heavy (non-hydrogen) atoms. The second kappa shape index (κ2) is 3.65. The lowest BCUT2D eigenvalue weighted by atomic mass is 10.0. The Bertz CT molecular complexity index is 285. The predicted molar refractivity (Wildman–Crippen MR) is 47.8 cm³/mol. The summed E-state index contributed by atoms with van der Waals surface area (Å²) in [6.07, 6.45) is 1.06. The van der Waals surface area contributed by atoms with Gasteiger partial charge in [0.2, 0.25) is 0 Å². The fraction of sp³-hybridized carbons (Fsp3) is 0.625. The number of ether oxygens (including phenoxy) is 2. The molecule has 0 saturated carbocycles. The van der Waals surface area contributed by atoms with Crippen LogP contribution in [-0.2, 0) is 14.3 Å². The monoisotopic (exact) mass is 200 g/mol. The molecule has 0 saturated heterocycles. The number of urea groups is 1. The van der Waals surface area contributed by atoms with Crippen LogP contribution in [0.1, 0.15) is 13.8 Å². The SMILES string of the molecule is COC(=O)C(C)(C)N1COC=NC1=O. The molecule has 0 radical (unpaired) electrons. The number of aliphatic imine (C=N–C) groups is 1. The van der Waals surface area contributed by atoms with Crippen LogP contribution in [0.5, 0.6) is 0 Å². The van der Waals surface area contributed by atoms with Gasteiger partial charge in [0.05, 0.1) is 7.11 Å². The first-order valence-electron chi connectivity index (χ1n) is 4.04. The Morgan fingerprint density at radius 2 is 2.36 bits per heavy atom. The van der Waals surface area contributed by atoms with Crippen LogP contribution >= 0.6 is 0 Å². The van der Waals surface area contributed by atoms with Crippen molar-refractivity contribution in [1.82, 2.24) is 4.90 Å². The summed E-state index contributed by atoms with van der Waals surface area (Å²) in [5.74, 6) is -0.508. The topological polar surface area (TPSA) is 68.2 Å². The molecule has 6 nitrogen and oxygen atoms in total. The maximum absolute atomic E-state index is 11.4. The quantitative estimate of drug-likeness (QED) is 0.604. The van der Waals surface area contributed by atoms with E-state index in [1.165, 1.54) is 12.0 Å². The lowest BCUT2D eigenvalue weighted by Crippen LogP contribution is -2.54. The van der Waals surface area contributed by atoms with Gasteiger partial charge in [0.1, 0.15) is 5.54 Å². The van der Waals surface area contributed by atoms with Crippen LogP contribution < -0.4 is 0 Å². The zero-order valence-corrected chi connectivity index (χ0v) is 8.31. The first kappa shape index (κ1) is 10.5. The number of amides is 2. The molecule has 0 spiro atoms. The lowest BCUT2D eigenvalue weighted by molar-refractivity contribution is -0.153.